The van der Waals surface area contributed by atoms with Crippen LogP contribution < -0.4 is 0 Å². The summed E-state index contributed by atoms with van der Waals surface area (Å²) in [7, 11) is 0. The number of rotatable bonds is 6. The maximum Gasteiger partial charge on any atom is 0.147 e. The lowest BCUT2D eigenvalue weighted by Crippen LogP contribution is -1.95. The molecule has 3 rings (SSSR count). The minimum absolute atomic E-state index is 0.359. The first-order valence-corrected chi connectivity index (χ1v) is 8.79. The Morgan fingerprint density at radius 3 is 2.57 bits per heavy atom. The summed E-state index contributed by atoms with van der Waals surface area (Å²) in [5.74, 6) is 1.72. The van der Waals surface area contributed by atoms with Crippen LogP contribution in [0.4, 0.5) is 0 Å². The number of hydrogen-bond acceptors (Lipinski definition) is 5. The zero-order valence-corrected chi connectivity index (χ0v) is 14.5. The van der Waals surface area contributed by atoms with Gasteiger partial charge in [0.1, 0.15) is 15.8 Å². The second-order valence-electron chi connectivity index (χ2n) is 6.12. The van der Waals surface area contributed by atoms with Gasteiger partial charge >= 0.3 is 0 Å². The molecule has 23 heavy (non-hydrogen) atoms. The van der Waals surface area contributed by atoms with Crippen molar-refractivity contribution >= 4 is 11.3 Å². The Bertz CT molecular complexity index is 748. The molecule has 0 bridgehead atoms. The van der Waals surface area contributed by atoms with E-state index in [0.717, 1.165) is 39.9 Å². The van der Waals surface area contributed by atoms with Crippen LogP contribution in [0.1, 0.15) is 55.5 Å². The Labute approximate surface area is 140 Å². The highest BCUT2D eigenvalue weighted by Crippen LogP contribution is 2.29. The van der Waals surface area contributed by atoms with E-state index in [1.54, 1.807) is 11.3 Å². The summed E-state index contributed by atoms with van der Waals surface area (Å²) in [6, 6.07) is 12.3. The number of aryl methyl sites for hydroxylation is 1. The van der Waals surface area contributed by atoms with E-state index >= 15 is 0 Å². The zero-order valence-electron chi connectivity index (χ0n) is 13.7. The first-order valence-electron chi connectivity index (χ1n) is 7.98. The fraction of sp³-hybridized carbons (Fsp3) is 0.389. The molecule has 0 fully saturated rings. The Hall–Kier alpha value is -2.01. The molecule has 0 saturated carbocycles. The number of nitrogens with zero attached hydrogens (tertiary/aromatic N) is 3. The third-order valence-electron chi connectivity index (χ3n) is 3.88. The predicted molar refractivity (Wildman–Crippen MR) is 92.7 cm³/mol. The van der Waals surface area contributed by atoms with Crippen molar-refractivity contribution in [1.82, 2.24) is 15.4 Å². The summed E-state index contributed by atoms with van der Waals surface area (Å²) in [5, 5.41) is 14.8. The second-order valence-corrected chi connectivity index (χ2v) is 7.13. The highest BCUT2D eigenvalue weighted by Gasteiger charge is 2.15. The lowest BCUT2D eigenvalue weighted by molar-refractivity contribution is 0.369. The van der Waals surface area contributed by atoms with E-state index in [4.69, 9.17) is 4.52 Å². The molecule has 0 aliphatic carbocycles. The molecule has 0 saturated heterocycles. The first kappa shape index (κ1) is 15.9. The van der Waals surface area contributed by atoms with Gasteiger partial charge in [-0.3, -0.25) is 0 Å². The van der Waals surface area contributed by atoms with Crippen LogP contribution in [0.15, 0.2) is 40.9 Å². The topological polar surface area (TPSA) is 51.8 Å². The van der Waals surface area contributed by atoms with Gasteiger partial charge in [0, 0.05) is 24.0 Å². The van der Waals surface area contributed by atoms with E-state index in [9.17, 15) is 0 Å². The summed E-state index contributed by atoms with van der Waals surface area (Å²) >= 11 is 1.67. The molecular formula is C18H21N3OS. The van der Waals surface area contributed by atoms with Gasteiger partial charge in [0.15, 0.2) is 0 Å². The van der Waals surface area contributed by atoms with E-state index in [1.165, 1.54) is 0 Å². The van der Waals surface area contributed by atoms with Crippen molar-refractivity contribution in [2.24, 2.45) is 0 Å². The Balaban J connectivity index is 1.62. The van der Waals surface area contributed by atoms with Crippen LogP contribution in [-0.4, -0.2) is 15.4 Å². The highest BCUT2D eigenvalue weighted by molar-refractivity contribution is 7.14. The lowest BCUT2D eigenvalue weighted by atomic mass is 10.0. The average molecular weight is 327 g/mol. The van der Waals surface area contributed by atoms with E-state index < -0.39 is 0 Å². The van der Waals surface area contributed by atoms with Crippen LogP contribution in [0.5, 0.6) is 0 Å². The van der Waals surface area contributed by atoms with Crippen LogP contribution >= 0.6 is 11.3 Å². The monoisotopic (exact) mass is 327 g/mol. The third-order valence-corrected chi connectivity index (χ3v) is 5.08. The van der Waals surface area contributed by atoms with Gasteiger partial charge in [-0.15, -0.1) is 10.2 Å². The van der Waals surface area contributed by atoms with E-state index in [0.29, 0.717) is 11.8 Å². The quantitative estimate of drug-likeness (QED) is 0.635. The normalized spacial score (nSPS) is 12.7. The summed E-state index contributed by atoms with van der Waals surface area (Å²) in [4.78, 5) is 0. The lowest BCUT2D eigenvalue weighted by Gasteiger charge is -2.04. The summed E-state index contributed by atoms with van der Waals surface area (Å²) in [6.07, 6.45) is 1.86. The maximum absolute atomic E-state index is 5.40. The van der Waals surface area contributed by atoms with Crippen molar-refractivity contribution in [3.63, 3.8) is 0 Å². The number of hydrogen-bond donors (Lipinski definition) is 0. The van der Waals surface area contributed by atoms with Crippen molar-refractivity contribution in [3.05, 3.63) is 52.9 Å². The standard InChI is InChI=1S/C18H21N3OS/c1-12(2)16-11-15(22-21-16)10-9-13(3)17-19-20-18(23-17)14-7-5-4-6-8-14/h4-8,11-13H,9-10H2,1-3H3. The largest absolute Gasteiger partial charge is 0.361 e. The minimum atomic E-state index is 0.359. The molecule has 1 atom stereocenters. The molecule has 0 N–H and O–H groups in total. The van der Waals surface area contributed by atoms with Crippen LogP contribution in [0.2, 0.25) is 0 Å². The molecular weight excluding hydrogens is 306 g/mol. The van der Waals surface area contributed by atoms with Gasteiger partial charge in [-0.05, 0) is 12.3 Å². The minimum Gasteiger partial charge on any atom is -0.361 e. The molecule has 120 valence electrons. The van der Waals surface area contributed by atoms with Crippen LogP contribution in [0, 0.1) is 0 Å². The molecule has 0 spiro atoms. The van der Waals surface area contributed by atoms with Gasteiger partial charge < -0.3 is 4.52 Å². The maximum atomic E-state index is 5.40. The Morgan fingerprint density at radius 2 is 1.87 bits per heavy atom. The first-order chi connectivity index (χ1) is 11.1. The van der Waals surface area contributed by atoms with Crippen LogP contribution in [-0.2, 0) is 6.42 Å². The molecule has 3 aromatic rings. The molecule has 0 aliphatic rings. The highest BCUT2D eigenvalue weighted by atomic mass is 32.1. The average Bonchev–Trinajstić information content (AvgIpc) is 3.23. The van der Waals surface area contributed by atoms with E-state index in [-0.39, 0.29) is 0 Å². The summed E-state index contributed by atoms with van der Waals surface area (Å²) < 4.78 is 5.40. The molecule has 0 amide bonds. The molecule has 0 aliphatic heterocycles. The SMILES string of the molecule is CC(C)c1cc(CCC(C)c2nnc(-c3ccccc3)s2)on1. The van der Waals surface area contributed by atoms with Crippen molar-refractivity contribution in [2.75, 3.05) is 0 Å². The van der Waals surface area contributed by atoms with Crippen LogP contribution in [0.3, 0.4) is 0 Å². The Kier molecular flexibility index (Phi) is 4.86. The molecule has 1 aromatic carbocycles. The van der Waals surface area contributed by atoms with Gasteiger partial charge in [0.2, 0.25) is 0 Å². The van der Waals surface area contributed by atoms with Gasteiger partial charge in [0.25, 0.3) is 0 Å². The van der Waals surface area contributed by atoms with Gasteiger partial charge in [0.05, 0.1) is 5.69 Å². The fourth-order valence-electron chi connectivity index (χ4n) is 2.33. The molecule has 0 radical (unpaired) electrons. The molecule has 2 aromatic heterocycles. The zero-order chi connectivity index (χ0) is 16.2. The van der Waals surface area contributed by atoms with Crippen molar-refractivity contribution in [2.45, 2.75) is 45.4 Å². The molecule has 1 unspecified atom stereocenters. The van der Waals surface area contributed by atoms with Gasteiger partial charge in [-0.25, -0.2) is 0 Å². The van der Waals surface area contributed by atoms with E-state index in [1.807, 2.05) is 18.2 Å². The number of aromatic nitrogens is 3. The summed E-state index contributed by atoms with van der Waals surface area (Å²) in [5.41, 5.74) is 2.15. The Morgan fingerprint density at radius 1 is 1.09 bits per heavy atom. The van der Waals surface area contributed by atoms with Crippen LogP contribution in [0.25, 0.3) is 10.6 Å². The smallest absolute Gasteiger partial charge is 0.147 e. The van der Waals surface area contributed by atoms with Gasteiger partial charge in [-0.1, -0.05) is 67.6 Å². The fourth-order valence-corrected chi connectivity index (χ4v) is 3.27. The van der Waals surface area contributed by atoms with E-state index in [2.05, 4.69) is 54.3 Å². The predicted octanol–water partition coefficient (Wildman–Crippen LogP) is 5.05. The molecule has 4 nitrogen and oxygen atoms in total. The van der Waals surface area contributed by atoms with Crippen molar-refractivity contribution < 1.29 is 4.52 Å². The summed E-state index contributed by atoms with van der Waals surface area (Å²) in [6.45, 7) is 6.43. The molecule has 5 heteroatoms. The number of benzene rings is 1. The van der Waals surface area contributed by atoms with Gasteiger partial charge in [-0.2, -0.15) is 0 Å². The second kappa shape index (κ2) is 7.04. The van der Waals surface area contributed by atoms with Crippen molar-refractivity contribution in [1.29, 1.82) is 0 Å². The molecule has 2 heterocycles. The third kappa shape index (κ3) is 3.85. The van der Waals surface area contributed by atoms with Crippen molar-refractivity contribution in [3.8, 4) is 10.6 Å².